The van der Waals surface area contributed by atoms with Gasteiger partial charge in [0.25, 0.3) is 0 Å². The van der Waals surface area contributed by atoms with E-state index in [9.17, 15) is 9.18 Å². The molecule has 2 aromatic rings. The number of halogens is 3. The standard InChI is InChI=1S/C15H13Cl2FN2O/c16-11-3-1-2-10(8-11)6-7-19-15(21)20-14-5-4-12(18)9-13(14)17/h1-5,8-9H,6-7H2,(H2,19,20,21). The number of carbonyl (C=O) groups is 1. The molecule has 2 N–H and O–H groups in total. The summed E-state index contributed by atoms with van der Waals surface area (Å²) in [6.45, 7) is 0.449. The van der Waals surface area contributed by atoms with Crippen molar-refractivity contribution < 1.29 is 9.18 Å². The highest BCUT2D eigenvalue weighted by Gasteiger charge is 2.06. The molecule has 0 saturated heterocycles. The second-order valence-corrected chi connectivity index (χ2v) is 5.23. The lowest BCUT2D eigenvalue weighted by molar-refractivity contribution is 0.252. The van der Waals surface area contributed by atoms with Crippen LogP contribution in [-0.2, 0) is 6.42 Å². The maximum absolute atomic E-state index is 12.9. The highest BCUT2D eigenvalue weighted by atomic mass is 35.5. The molecule has 2 amide bonds. The average molecular weight is 327 g/mol. The van der Waals surface area contributed by atoms with Crippen LogP contribution in [0, 0.1) is 5.82 Å². The van der Waals surface area contributed by atoms with Gasteiger partial charge in [0.05, 0.1) is 10.7 Å². The Balaban J connectivity index is 1.82. The van der Waals surface area contributed by atoms with E-state index >= 15 is 0 Å². The fraction of sp³-hybridized carbons (Fsp3) is 0.133. The van der Waals surface area contributed by atoms with Crippen LogP contribution in [0.15, 0.2) is 42.5 Å². The van der Waals surface area contributed by atoms with E-state index in [1.807, 2.05) is 18.2 Å². The summed E-state index contributed by atoms with van der Waals surface area (Å²) in [5.74, 6) is -0.452. The van der Waals surface area contributed by atoms with Gasteiger partial charge < -0.3 is 10.6 Å². The molecule has 0 unspecified atom stereocenters. The van der Waals surface area contributed by atoms with Crippen molar-refractivity contribution in [1.82, 2.24) is 5.32 Å². The number of urea groups is 1. The summed E-state index contributed by atoms with van der Waals surface area (Å²) >= 11 is 11.7. The fourth-order valence-corrected chi connectivity index (χ4v) is 2.20. The molecule has 0 aliphatic rings. The van der Waals surface area contributed by atoms with E-state index in [2.05, 4.69) is 10.6 Å². The smallest absolute Gasteiger partial charge is 0.319 e. The number of hydrogen-bond acceptors (Lipinski definition) is 1. The highest BCUT2D eigenvalue weighted by Crippen LogP contribution is 2.22. The predicted molar refractivity (Wildman–Crippen MR) is 83.6 cm³/mol. The summed E-state index contributed by atoms with van der Waals surface area (Å²) in [4.78, 5) is 11.7. The normalized spacial score (nSPS) is 10.2. The third-order valence-corrected chi connectivity index (χ3v) is 3.32. The monoisotopic (exact) mass is 326 g/mol. The molecular weight excluding hydrogens is 314 g/mol. The van der Waals surface area contributed by atoms with Crippen molar-refractivity contribution in [3.63, 3.8) is 0 Å². The van der Waals surface area contributed by atoms with Gasteiger partial charge in [0.1, 0.15) is 5.82 Å². The van der Waals surface area contributed by atoms with Crippen LogP contribution in [-0.4, -0.2) is 12.6 Å². The van der Waals surface area contributed by atoms with E-state index in [1.54, 1.807) is 6.07 Å². The number of benzene rings is 2. The van der Waals surface area contributed by atoms with Crippen molar-refractivity contribution in [2.24, 2.45) is 0 Å². The molecule has 0 bridgehead atoms. The summed E-state index contributed by atoms with van der Waals surface area (Å²) in [6, 6.07) is 10.8. The van der Waals surface area contributed by atoms with E-state index < -0.39 is 11.8 Å². The molecule has 110 valence electrons. The molecule has 21 heavy (non-hydrogen) atoms. The summed E-state index contributed by atoms with van der Waals surface area (Å²) < 4.78 is 12.9. The predicted octanol–water partition coefficient (Wildman–Crippen LogP) is 4.50. The number of amides is 2. The molecule has 0 aliphatic carbocycles. The molecular formula is C15H13Cl2FN2O. The lowest BCUT2D eigenvalue weighted by Crippen LogP contribution is -2.30. The van der Waals surface area contributed by atoms with Crippen LogP contribution in [0.4, 0.5) is 14.9 Å². The molecule has 0 radical (unpaired) electrons. The lowest BCUT2D eigenvalue weighted by atomic mass is 10.1. The maximum Gasteiger partial charge on any atom is 0.319 e. The molecule has 0 aromatic heterocycles. The SMILES string of the molecule is O=C(NCCc1cccc(Cl)c1)Nc1ccc(F)cc1Cl. The second-order valence-electron chi connectivity index (χ2n) is 4.38. The zero-order valence-electron chi connectivity index (χ0n) is 11.0. The molecule has 2 rings (SSSR count). The highest BCUT2D eigenvalue weighted by molar-refractivity contribution is 6.33. The summed E-state index contributed by atoms with van der Waals surface area (Å²) in [7, 11) is 0. The number of anilines is 1. The molecule has 0 heterocycles. The van der Waals surface area contributed by atoms with E-state index in [0.29, 0.717) is 23.7 Å². The van der Waals surface area contributed by atoms with Gasteiger partial charge in [-0.05, 0) is 42.3 Å². The van der Waals surface area contributed by atoms with Crippen LogP contribution in [0.5, 0.6) is 0 Å². The molecule has 0 aliphatic heterocycles. The molecule has 3 nitrogen and oxygen atoms in total. The molecule has 6 heteroatoms. The third-order valence-electron chi connectivity index (χ3n) is 2.77. The quantitative estimate of drug-likeness (QED) is 0.853. The first kappa shape index (κ1) is 15.6. The first-order valence-electron chi connectivity index (χ1n) is 6.29. The van der Waals surface area contributed by atoms with Crippen LogP contribution in [0.1, 0.15) is 5.56 Å². The molecule has 0 saturated carbocycles. The first-order chi connectivity index (χ1) is 10.0. The Morgan fingerprint density at radius 2 is 1.95 bits per heavy atom. The minimum absolute atomic E-state index is 0.153. The van der Waals surface area contributed by atoms with Gasteiger partial charge in [-0.1, -0.05) is 35.3 Å². The number of hydrogen-bond donors (Lipinski definition) is 2. The van der Waals surface area contributed by atoms with Gasteiger partial charge in [0.2, 0.25) is 0 Å². The van der Waals surface area contributed by atoms with Gasteiger partial charge in [0.15, 0.2) is 0 Å². The van der Waals surface area contributed by atoms with Crippen molar-refractivity contribution >= 4 is 34.9 Å². The summed E-state index contributed by atoms with van der Waals surface area (Å²) in [5.41, 5.74) is 1.39. The topological polar surface area (TPSA) is 41.1 Å². The van der Waals surface area contributed by atoms with Crippen molar-refractivity contribution in [1.29, 1.82) is 0 Å². The maximum atomic E-state index is 12.9. The Kier molecular flexibility index (Phi) is 5.42. The minimum Gasteiger partial charge on any atom is -0.338 e. The van der Waals surface area contributed by atoms with Gasteiger partial charge in [-0.3, -0.25) is 0 Å². The molecule has 0 fully saturated rings. The van der Waals surface area contributed by atoms with Crippen LogP contribution < -0.4 is 10.6 Å². The van der Waals surface area contributed by atoms with Crippen LogP contribution in [0.2, 0.25) is 10.0 Å². The third kappa shape index (κ3) is 4.92. The van der Waals surface area contributed by atoms with E-state index in [0.717, 1.165) is 11.6 Å². The van der Waals surface area contributed by atoms with Gasteiger partial charge in [-0.2, -0.15) is 0 Å². The van der Waals surface area contributed by atoms with Crippen molar-refractivity contribution in [2.45, 2.75) is 6.42 Å². The fourth-order valence-electron chi connectivity index (χ4n) is 1.77. The Morgan fingerprint density at radius 1 is 1.14 bits per heavy atom. The largest absolute Gasteiger partial charge is 0.338 e. The van der Waals surface area contributed by atoms with Gasteiger partial charge in [-0.25, -0.2) is 9.18 Å². The van der Waals surface area contributed by atoms with E-state index in [-0.39, 0.29) is 5.02 Å². The van der Waals surface area contributed by atoms with Crippen LogP contribution in [0.3, 0.4) is 0 Å². The first-order valence-corrected chi connectivity index (χ1v) is 7.04. The average Bonchev–Trinajstić information content (AvgIpc) is 2.42. The van der Waals surface area contributed by atoms with Crippen LogP contribution in [0.25, 0.3) is 0 Å². The Hall–Kier alpha value is -1.78. The summed E-state index contributed by atoms with van der Waals surface area (Å²) in [6.07, 6.45) is 0.658. The molecule has 0 atom stereocenters. The van der Waals surface area contributed by atoms with E-state index in [4.69, 9.17) is 23.2 Å². The molecule has 2 aromatic carbocycles. The van der Waals surface area contributed by atoms with Gasteiger partial charge >= 0.3 is 6.03 Å². The van der Waals surface area contributed by atoms with Crippen molar-refractivity contribution in [3.05, 3.63) is 63.9 Å². The zero-order chi connectivity index (χ0) is 15.2. The van der Waals surface area contributed by atoms with Crippen molar-refractivity contribution in [2.75, 3.05) is 11.9 Å². The second kappa shape index (κ2) is 7.29. The number of rotatable bonds is 4. The number of nitrogens with one attached hydrogen (secondary N) is 2. The van der Waals surface area contributed by atoms with Gasteiger partial charge in [-0.15, -0.1) is 0 Å². The Labute approximate surface area is 132 Å². The lowest BCUT2D eigenvalue weighted by Gasteiger charge is -2.09. The van der Waals surface area contributed by atoms with Crippen molar-refractivity contribution in [3.8, 4) is 0 Å². The minimum atomic E-state index is -0.452. The molecule has 0 spiro atoms. The Morgan fingerprint density at radius 3 is 2.67 bits per heavy atom. The number of carbonyl (C=O) groups excluding carboxylic acids is 1. The Bertz CT molecular complexity index is 649. The van der Waals surface area contributed by atoms with Crippen LogP contribution >= 0.6 is 23.2 Å². The zero-order valence-corrected chi connectivity index (χ0v) is 12.5. The van der Waals surface area contributed by atoms with Gasteiger partial charge in [0, 0.05) is 11.6 Å². The van der Waals surface area contributed by atoms with E-state index in [1.165, 1.54) is 12.1 Å². The summed E-state index contributed by atoms with van der Waals surface area (Å²) in [5, 5.41) is 6.07.